The highest BCUT2D eigenvalue weighted by Crippen LogP contribution is 2.17. The van der Waals surface area contributed by atoms with Crippen molar-refractivity contribution < 1.29 is 19.4 Å². The van der Waals surface area contributed by atoms with E-state index in [0.717, 1.165) is 5.69 Å². The van der Waals surface area contributed by atoms with Crippen LogP contribution in [0, 0.1) is 13.8 Å². The Morgan fingerprint density at radius 2 is 2.09 bits per heavy atom. The number of likely N-dealkylation sites (N-methyl/N-ethyl adjacent to an activating group) is 1. The predicted octanol–water partition coefficient (Wildman–Crippen LogP) is 0.701. The van der Waals surface area contributed by atoms with Crippen LogP contribution in [-0.2, 0) is 16.1 Å². The summed E-state index contributed by atoms with van der Waals surface area (Å²) in [5, 5.41) is 14.2. The third-order valence-corrected chi connectivity index (χ3v) is 4.35. The highest BCUT2D eigenvalue weighted by atomic mass is 16.5. The quantitative estimate of drug-likeness (QED) is 0.779. The number of ether oxygens (including phenoxy) is 1. The van der Waals surface area contributed by atoms with E-state index in [2.05, 4.69) is 5.10 Å². The van der Waals surface area contributed by atoms with E-state index in [4.69, 9.17) is 4.74 Å². The molecule has 0 spiro atoms. The number of hydrogen-bond donors (Lipinski definition) is 1. The number of Topliss-reactive ketones (excluding diaryl/α,β-unsaturated/α-hetero) is 1. The summed E-state index contributed by atoms with van der Waals surface area (Å²) in [5.41, 5.74) is 2.11. The maximum absolute atomic E-state index is 12.5. The Kier molecular flexibility index (Phi) is 5.54. The fourth-order valence-corrected chi connectivity index (χ4v) is 3.19. The fraction of sp³-hybridized carbons (Fsp3) is 0.688. The van der Waals surface area contributed by atoms with E-state index in [1.165, 1.54) is 6.92 Å². The molecule has 0 saturated carbocycles. The maximum atomic E-state index is 12.5. The summed E-state index contributed by atoms with van der Waals surface area (Å²) in [7, 11) is 0. The second kappa shape index (κ2) is 7.23. The monoisotopic (exact) mass is 323 g/mol. The lowest BCUT2D eigenvalue weighted by molar-refractivity contribution is -0.135. The van der Waals surface area contributed by atoms with Gasteiger partial charge in [0.05, 0.1) is 36.6 Å². The van der Waals surface area contributed by atoms with Crippen molar-refractivity contribution in [3.8, 4) is 0 Å². The van der Waals surface area contributed by atoms with Gasteiger partial charge in [0, 0.05) is 25.2 Å². The van der Waals surface area contributed by atoms with Gasteiger partial charge in [0.25, 0.3) is 0 Å². The SMILES string of the molecule is CCN(C(=O)CCn1nc(C)c(C(C)=O)c1C)[C@@H]1COC[C@H]1O. The van der Waals surface area contributed by atoms with Gasteiger partial charge >= 0.3 is 0 Å². The van der Waals surface area contributed by atoms with E-state index in [0.29, 0.717) is 31.0 Å². The summed E-state index contributed by atoms with van der Waals surface area (Å²) in [6.07, 6.45) is -0.354. The number of amides is 1. The second-order valence-corrected chi connectivity index (χ2v) is 5.93. The molecule has 7 heteroatoms. The smallest absolute Gasteiger partial charge is 0.224 e. The van der Waals surface area contributed by atoms with E-state index < -0.39 is 6.10 Å². The number of hydrogen-bond acceptors (Lipinski definition) is 5. The number of rotatable bonds is 6. The first-order valence-electron chi connectivity index (χ1n) is 7.97. The van der Waals surface area contributed by atoms with Gasteiger partial charge in [-0.3, -0.25) is 14.3 Å². The van der Waals surface area contributed by atoms with Crippen LogP contribution in [0.15, 0.2) is 0 Å². The molecule has 1 aromatic heterocycles. The van der Waals surface area contributed by atoms with Gasteiger partial charge in [-0.15, -0.1) is 0 Å². The average Bonchev–Trinajstić information content (AvgIpc) is 3.01. The molecule has 128 valence electrons. The van der Waals surface area contributed by atoms with Gasteiger partial charge in [-0.25, -0.2) is 0 Å². The Labute approximate surface area is 136 Å². The van der Waals surface area contributed by atoms with Gasteiger partial charge in [-0.2, -0.15) is 5.10 Å². The van der Waals surface area contributed by atoms with Crippen LogP contribution in [0.5, 0.6) is 0 Å². The average molecular weight is 323 g/mol. The summed E-state index contributed by atoms with van der Waals surface area (Å²) in [4.78, 5) is 25.8. The first kappa shape index (κ1) is 17.6. The van der Waals surface area contributed by atoms with Crippen LogP contribution in [0.4, 0.5) is 0 Å². The Morgan fingerprint density at radius 1 is 1.39 bits per heavy atom. The minimum Gasteiger partial charge on any atom is -0.388 e. The van der Waals surface area contributed by atoms with Gasteiger partial charge in [0.1, 0.15) is 0 Å². The van der Waals surface area contributed by atoms with E-state index in [9.17, 15) is 14.7 Å². The lowest BCUT2D eigenvalue weighted by atomic mass is 10.1. The number of nitrogens with zero attached hydrogens (tertiary/aromatic N) is 3. The summed E-state index contributed by atoms with van der Waals surface area (Å²) < 4.78 is 6.94. The molecule has 1 aliphatic rings. The molecule has 1 saturated heterocycles. The minimum atomic E-state index is -0.628. The molecule has 7 nitrogen and oxygen atoms in total. The number of aliphatic hydroxyl groups is 1. The van der Waals surface area contributed by atoms with Crippen LogP contribution in [-0.4, -0.2) is 63.4 Å². The molecule has 0 radical (unpaired) electrons. The van der Waals surface area contributed by atoms with Gasteiger partial charge in [-0.05, 0) is 27.7 Å². The van der Waals surface area contributed by atoms with Crippen molar-refractivity contribution in [2.24, 2.45) is 0 Å². The van der Waals surface area contributed by atoms with Gasteiger partial charge in [0.2, 0.25) is 5.91 Å². The largest absolute Gasteiger partial charge is 0.388 e. The Hall–Kier alpha value is -1.73. The molecule has 2 rings (SSSR count). The molecule has 23 heavy (non-hydrogen) atoms. The second-order valence-electron chi connectivity index (χ2n) is 5.93. The first-order valence-corrected chi connectivity index (χ1v) is 7.97. The summed E-state index contributed by atoms with van der Waals surface area (Å²) in [5.74, 6) is -0.0574. The molecule has 0 aliphatic carbocycles. The molecule has 0 aromatic carbocycles. The number of carbonyl (C=O) groups excluding carboxylic acids is 2. The number of ketones is 1. The van der Waals surface area contributed by atoms with Crippen molar-refractivity contribution in [3.63, 3.8) is 0 Å². The fourth-order valence-electron chi connectivity index (χ4n) is 3.19. The Balaban J connectivity index is 2.04. The molecule has 2 heterocycles. The lowest BCUT2D eigenvalue weighted by Gasteiger charge is -2.28. The van der Waals surface area contributed by atoms with Crippen molar-refractivity contribution in [2.45, 2.75) is 52.8 Å². The van der Waals surface area contributed by atoms with Gasteiger partial charge in [-0.1, -0.05) is 0 Å². The molecule has 0 unspecified atom stereocenters. The zero-order valence-corrected chi connectivity index (χ0v) is 14.2. The Bertz CT molecular complexity index is 596. The van der Waals surface area contributed by atoms with Crippen molar-refractivity contribution in [1.29, 1.82) is 0 Å². The van der Waals surface area contributed by atoms with E-state index in [-0.39, 0.29) is 30.8 Å². The normalized spacial score (nSPS) is 20.7. The highest BCUT2D eigenvalue weighted by molar-refractivity contribution is 5.96. The van der Waals surface area contributed by atoms with Crippen LogP contribution in [0.1, 0.15) is 42.0 Å². The number of aromatic nitrogens is 2. The van der Waals surface area contributed by atoms with E-state index in [1.54, 1.807) is 16.5 Å². The van der Waals surface area contributed by atoms with Crippen LogP contribution in [0.3, 0.4) is 0 Å². The zero-order chi connectivity index (χ0) is 17.1. The maximum Gasteiger partial charge on any atom is 0.224 e. The van der Waals surface area contributed by atoms with Gasteiger partial charge in [0.15, 0.2) is 5.78 Å². The number of carbonyl (C=O) groups is 2. The standard InChI is InChI=1S/C16H25N3O4/c1-5-18(13-8-23-9-14(13)21)15(22)6-7-19-11(3)16(12(4)20)10(2)17-19/h13-14,21H,5-9H2,1-4H3/t13-,14-/m1/s1. The summed E-state index contributed by atoms with van der Waals surface area (Å²) in [6.45, 7) is 8.63. The molecule has 1 aromatic rings. The third-order valence-electron chi connectivity index (χ3n) is 4.35. The summed E-state index contributed by atoms with van der Waals surface area (Å²) in [6, 6.07) is -0.277. The molecular formula is C16H25N3O4. The minimum absolute atomic E-state index is 0.0148. The molecule has 0 bridgehead atoms. The molecular weight excluding hydrogens is 298 g/mol. The molecule has 1 aliphatic heterocycles. The molecule has 1 amide bonds. The van der Waals surface area contributed by atoms with Crippen molar-refractivity contribution in [1.82, 2.24) is 14.7 Å². The molecule has 1 N–H and O–H groups in total. The third kappa shape index (κ3) is 3.61. The van der Waals surface area contributed by atoms with Crippen LogP contribution in [0.2, 0.25) is 0 Å². The van der Waals surface area contributed by atoms with Crippen molar-refractivity contribution >= 4 is 11.7 Å². The van der Waals surface area contributed by atoms with Gasteiger partial charge < -0.3 is 14.7 Å². The number of aryl methyl sites for hydroxylation is 2. The van der Waals surface area contributed by atoms with Crippen LogP contribution in [0.25, 0.3) is 0 Å². The van der Waals surface area contributed by atoms with Crippen LogP contribution >= 0.6 is 0 Å². The summed E-state index contributed by atoms with van der Waals surface area (Å²) >= 11 is 0. The van der Waals surface area contributed by atoms with Crippen molar-refractivity contribution in [3.05, 3.63) is 17.0 Å². The molecule has 2 atom stereocenters. The van der Waals surface area contributed by atoms with Crippen molar-refractivity contribution in [2.75, 3.05) is 19.8 Å². The topological polar surface area (TPSA) is 84.7 Å². The molecule has 1 fully saturated rings. The van der Waals surface area contributed by atoms with Crippen LogP contribution < -0.4 is 0 Å². The Morgan fingerprint density at radius 3 is 2.57 bits per heavy atom. The van der Waals surface area contributed by atoms with E-state index >= 15 is 0 Å². The first-order chi connectivity index (χ1) is 10.9. The predicted molar refractivity (Wildman–Crippen MR) is 84.3 cm³/mol. The lowest BCUT2D eigenvalue weighted by Crippen LogP contribution is -2.46. The highest BCUT2D eigenvalue weighted by Gasteiger charge is 2.33. The van der Waals surface area contributed by atoms with E-state index in [1.807, 2.05) is 13.8 Å². The number of aliphatic hydroxyl groups excluding tert-OH is 1. The zero-order valence-electron chi connectivity index (χ0n) is 14.2.